The van der Waals surface area contributed by atoms with Crippen LogP contribution in [0, 0.1) is 0 Å². The summed E-state index contributed by atoms with van der Waals surface area (Å²) in [6.45, 7) is 5.87. The van der Waals surface area contributed by atoms with Crippen LogP contribution >= 0.6 is 0 Å². The fourth-order valence-corrected chi connectivity index (χ4v) is 2.66. The van der Waals surface area contributed by atoms with Crippen molar-refractivity contribution in [1.82, 2.24) is 25.3 Å². The molecule has 1 aliphatic rings. The van der Waals surface area contributed by atoms with E-state index in [4.69, 9.17) is 0 Å². The highest BCUT2D eigenvalue weighted by atomic mass is 16.1. The second-order valence-electron chi connectivity index (χ2n) is 5.87. The van der Waals surface area contributed by atoms with Gasteiger partial charge < -0.3 is 15.1 Å². The molecule has 1 saturated heterocycles. The fraction of sp³-hybridized carbons (Fsp3) is 0.471. The number of hydrogen-bond acceptors (Lipinski definition) is 7. The van der Waals surface area contributed by atoms with Gasteiger partial charge in [-0.3, -0.25) is 4.79 Å². The SMILES string of the molecule is CCCCNC(=O)c1ccnc(N2CCN(c3ncccn3)CC2)n1. The van der Waals surface area contributed by atoms with Crippen molar-refractivity contribution in [2.45, 2.75) is 19.8 Å². The second-order valence-corrected chi connectivity index (χ2v) is 5.87. The molecule has 8 nitrogen and oxygen atoms in total. The summed E-state index contributed by atoms with van der Waals surface area (Å²) in [6.07, 6.45) is 7.15. The van der Waals surface area contributed by atoms with E-state index in [0.29, 0.717) is 18.2 Å². The lowest BCUT2D eigenvalue weighted by Crippen LogP contribution is -2.47. The predicted molar refractivity (Wildman–Crippen MR) is 95.7 cm³/mol. The van der Waals surface area contributed by atoms with Crippen molar-refractivity contribution >= 4 is 17.8 Å². The molecular weight excluding hydrogens is 318 g/mol. The molecule has 0 atom stereocenters. The third kappa shape index (κ3) is 4.40. The van der Waals surface area contributed by atoms with Crippen molar-refractivity contribution in [3.63, 3.8) is 0 Å². The average Bonchev–Trinajstić information content (AvgIpc) is 2.69. The van der Waals surface area contributed by atoms with Crippen LogP contribution in [0.5, 0.6) is 0 Å². The molecule has 1 amide bonds. The molecule has 1 aliphatic heterocycles. The summed E-state index contributed by atoms with van der Waals surface area (Å²) in [4.78, 5) is 33.7. The van der Waals surface area contributed by atoms with E-state index in [-0.39, 0.29) is 5.91 Å². The third-order valence-corrected chi connectivity index (χ3v) is 4.09. The van der Waals surface area contributed by atoms with Crippen LogP contribution in [0.1, 0.15) is 30.3 Å². The maximum absolute atomic E-state index is 12.1. The molecule has 2 aromatic rings. The molecule has 0 unspecified atom stereocenters. The molecule has 0 spiro atoms. The van der Waals surface area contributed by atoms with Gasteiger partial charge in [-0.05, 0) is 18.6 Å². The van der Waals surface area contributed by atoms with Gasteiger partial charge in [-0.2, -0.15) is 0 Å². The van der Waals surface area contributed by atoms with Crippen molar-refractivity contribution in [2.24, 2.45) is 0 Å². The molecule has 25 heavy (non-hydrogen) atoms. The number of carbonyl (C=O) groups excluding carboxylic acids is 1. The van der Waals surface area contributed by atoms with Crippen molar-refractivity contribution < 1.29 is 4.79 Å². The van der Waals surface area contributed by atoms with Crippen LogP contribution in [-0.4, -0.2) is 58.6 Å². The van der Waals surface area contributed by atoms with Gasteiger partial charge >= 0.3 is 0 Å². The van der Waals surface area contributed by atoms with Crippen molar-refractivity contribution in [3.05, 3.63) is 36.4 Å². The van der Waals surface area contributed by atoms with E-state index in [1.165, 1.54) is 0 Å². The van der Waals surface area contributed by atoms with Crippen LogP contribution in [0.15, 0.2) is 30.7 Å². The standard InChI is InChI=1S/C17H23N7O/c1-2-3-6-18-15(25)14-5-9-21-17(22-14)24-12-10-23(11-13-24)16-19-7-4-8-20-16/h4-5,7-9H,2-3,6,10-13H2,1H3,(H,18,25). The molecule has 0 aromatic carbocycles. The highest BCUT2D eigenvalue weighted by Crippen LogP contribution is 2.14. The van der Waals surface area contributed by atoms with Crippen LogP contribution in [0.4, 0.5) is 11.9 Å². The summed E-state index contributed by atoms with van der Waals surface area (Å²) in [6, 6.07) is 3.46. The van der Waals surface area contributed by atoms with Crippen LogP contribution in [0.25, 0.3) is 0 Å². The van der Waals surface area contributed by atoms with E-state index in [1.54, 1.807) is 24.7 Å². The highest BCUT2D eigenvalue weighted by Gasteiger charge is 2.21. The Bertz CT molecular complexity index is 686. The van der Waals surface area contributed by atoms with Gasteiger partial charge in [0.25, 0.3) is 5.91 Å². The summed E-state index contributed by atoms with van der Waals surface area (Å²) in [5.41, 5.74) is 0.412. The quantitative estimate of drug-likeness (QED) is 0.788. The van der Waals surface area contributed by atoms with Gasteiger partial charge in [-0.1, -0.05) is 13.3 Å². The number of unbranched alkanes of at least 4 members (excludes halogenated alkanes) is 1. The lowest BCUT2D eigenvalue weighted by atomic mass is 10.3. The number of nitrogens with zero attached hydrogens (tertiary/aromatic N) is 6. The Morgan fingerprint density at radius 1 is 1.04 bits per heavy atom. The number of carbonyl (C=O) groups is 1. The molecule has 2 aromatic heterocycles. The molecule has 8 heteroatoms. The van der Waals surface area contributed by atoms with E-state index in [0.717, 1.165) is 45.0 Å². The van der Waals surface area contributed by atoms with E-state index in [1.807, 2.05) is 6.07 Å². The Kier molecular flexibility index (Phi) is 5.71. The zero-order chi connectivity index (χ0) is 17.5. The van der Waals surface area contributed by atoms with Crippen molar-refractivity contribution in [1.29, 1.82) is 0 Å². The first kappa shape index (κ1) is 17.1. The highest BCUT2D eigenvalue weighted by molar-refractivity contribution is 5.92. The zero-order valence-electron chi connectivity index (χ0n) is 14.4. The number of amides is 1. The Hall–Kier alpha value is -2.77. The molecule has 0 bridgehead atoms. The lowest BCUT2D eigenvalue weighted by Gasteiger charge is -2.34. The molecule has 1 N–H and O–H groups in total. The first-order chi connectivity index (χ1) is 12.3. The Labute approximate surface area is 147 Å². The minimum Gasteiger partial charge on any atom is -0.351 e. The van der Waals surface area contributed by atoms with E-state index in [2.05, 4.69) is 42.0 Å². The maximum Gasteiger partial charge on any atom is 0.270 e. The van der Waals surface area contributed by atoms with Crippen molar-refractivity contribution in [2.75, 3.05) is 42.5 Å². The first-order valence-electron chi connectivity index (χ1n) is 8.66. The number of nitrogens with one attached hydrogen (secondary N) is 1. The Morgan fingerprint density at radius 2 is 1.68 bits per heavy atom. The number of piperazine rings is 1. The molecule has 0 saturated carbocycles. The Balaban J connectivity index is 1.60. The second kappa shape index (κ2) is 8.36. The lowest BCUT2D eigenvalue weighted by molar-refractivity contribution is 0.0948. The first-order valence-corrected chi connectivity index (χ1v) is 8.66. The van der Waals surface area contributed by atoms with Gasteiger partial charge in [0.05, 0.1) is 0 Å². The number of aromatic nitrogens is 4. The van der Waals surface area contributed by atoms with Crippen LogP contribution in [-0.2, 0) is 0 Å². The number of anilines is 2. The zero-order valence-corrected chi connectivity index (χ0v) is 14.4. The van der Waals surface area contributed by atoms with Crippen LogP contribution in [0.3, 0.4) is 0 Å². The summed E-state index contributed by atoms with van der Waals surface area (Å²) in [5, 5.41) is 2.89. The van der Waals surface area contributed by atoms with E-state index >= 15 is 0 Å². The average molecular weight is 341 g/mol. The molecule has 1 fully saturated rings. The third-order valence-electron chi connectivity index (χ3n) is 4.09. The number of hydrogen-bond donors (Lipinski definition) is 1. The topological polar surface area (TPSA) is 87.1 Å². The largest absolute Gasteiger partial charge is 0.351 e. The number of rotatable bonds is 6. The predicted octanol–water partition coefficient (Wildman–Crippen LogP) is 1.12. The van der Waals surface area contributed by atoms with Crippen molar-refractivity contribution in [3.8, 4) is 0 Å². The van der Waals surface area contributed by atoms with Gasteiger partial charge in [0.1, 0.15) is 5.69 Å². The maximum atomic E-state index is 12.1. The van der Waals surface area contributed by atoms with Crippen LogP contribution in [0.2, 0.25) is 0 Å². The molecule has 0 radical (unpaired) electrons. The van der Waals surface area contributed by atoms with Gasteiger partial charge in [-0.25, -0.2) is 19.9 Å². The molecule has 3 rings (SSSR count). The van der Waals surface area contributed by atoms with Gasteiger partial charge in [0, 0.05) is 51.3 Å². The molecular formula is C17H23N7O. The monoisotopic (exact) mass is 341 g/mol. The van der Waals surface area contributed by atoms with E-state index in [9.17, 15) is 4.79 Å². The summed E-state index contributed by atoms with van der Waals surface area (Å²) in [7, 11) is 0. The van der Waals surface area contributed by atoms with Crippen LogP contribution < -0.4 is 15.1 Å². The van der Waals surface area contributed by atoms with Gasteiger partial charge in [-0.15, -0.1) is 0 Å². The summed E-state index contributed by atoms with van der Waals surface area (Å²) < 4.78 is 0. The summed E-state index contributed by atoms with van der Waals surface area (Å²) >= 11 is 0. The smallest absolute Gasteiger partial charge is 0.270 e. The minimum atomic E-state index is -0.145. The molecule has 3 heterocycles. The molecule has 132 valence electrons. The normalized spacial score (nSPS) is 14.4. The van der Waals surface area contributed by atoms with E-state index < -0.39 is 0 Å². The molecule has 0 aliphatic carbocycles. The fourth-order valence-electron chi connectivity index (χ4n) is 2.66. The van der Waals surface area contributed by atoms with Gasteiger partial charge in [0.2, 0.25) is 11.9 Å². The Morgan fingerprint density at radius 3 is 2.36 bits per heavy atom. The van der Waals surface area contributed by atoms with Gasteiger partial charge in [0.15, 0.2) is 0 Å². The minimum absolute atomic E-state index is 0.145. The summed E-state index contributed by atoms with van der Waals surface area (Å²) in [5.74, 6) is 1.19.